The van der Waals surface area contributed by atoms with Gasteiger partial charge in [0.2, 0.25) is 0 Å². The van der Waals surface area contributed by atoms with Gasteiger partial charge in [0.05, 0.1) is 11.0 Å². The Morgan fingerprint density at radius 1 is 0.375 bits per heavy atom. The van der Waals surface area contributed by atoms with Gasteiger partial charge in [0.1, 0.15) is 0 Å². The second-order valence-electron chi connectivity index (χ2n) is 12.1. The molecule has 7 aromatic carbocycles. The van der Waals surface area contributed by atoms with Gasteiger partial charge >= 0.3 is 0 Å². The topological polar surface area (TPSA) is 43.6 Å². The zero-order valence-electron chi connectivity index (χ0n) is 25.7. The quantitative estimate of drug-likeness (QED) is 0.194. The molecule has 0 spiro atoms. The van der Waals surface area contributed by atoms with Crippen molar-refractivity contribution < 1.29 is 0 Å². The lowest BCUT2D eigenvalue weighted by molar-refractivity contribution is 1.07. The lowest BCUT2D eigenvalue weighted by Gasteiger charge is -2.12. The molecule has 0 fully saturated rings. The average Bonchev–Trinajstić information content (AvgIpc) is 3.68. The number of fused-ring (bicyclic) bond motifs is 7. The number of para-hydroxylation sites is 1. The Balaban J connectivity index is 1.19. The Morgan fingerprint density at radius 2 is 0.958 bits per heavy atom. The Kier molecular flexibility index (Phi) is 6.01. The van der Waals surface area contributed by atoms with Crippen LogP contribution in [0.25, 0.3) is 92.6 Å². The molecule has 224 valence electrons. The first-order chi connectivity index (χ1) is 23.8. The summed E-state index contributed by atoms with van der Waals surface area (Å²) in [6.45, 7) is 0. The first-order valence-corrected chi connectivity index (χ1v) is 16.8. The molecule has 0 saturated heterocycles. The minimum atomic E-state index is 0.641. The van der Waals surface area contributed by atoms with Crippen molar-refractivity contribution >= 4 is 64.1 Å². The van der Waals surface area contributed by atoms with Crippen LogP contribution in [0.5, 0.6) is 0 Å². The van der Waals surface area contributed by atoms with Crippen molar-refractivity contribution in [1.29, 1.82) is 0 Å². The van der Waals surface area contributed by atoms with Crippen LogP contribution in [0.2, 0.25) is 0 Å². The maximum atomic E-state index is 5.01. The van der Waals surface area contributed by atoms with E-state index in [1.54, 1.807) is 0 Å². The van der Waals surface area contributed by atoms with E-state index in [1.807, 2.05) is 72.0 Å². The Bertz CT molecular complexity index is 2780. The summed E-state index contributed by atoms with van der Waals surface area (Å²) in [4.78, 5) is 14.9. The van der Waals surface area contributed by atoms with E-state index in [0.717, 1.165) is 27.9 Å². The van der Waals surface area contributed by atoms with Gasteiger partial charge in [-0.25, -0.2) is 15.0 Å². The summed E-state index contributed by atoms with van der Waals surface area (Å²) >= 11 is 1.86. The number of hydrogen-bond acceptors (Lipinski definition) is 4. The van der Waals surface area contributed by atoms with Crippen LogP contribution in [0.4, 0.5) is 0 Å². The molecule has 0 N–H and O–H groups in total. The molecule has 0 aliphatic heterocycles. The van der Waals surface area contributed by atoms with Crippen LogP contribution in [-0.4, -0.2) is 19.5 Å². The van der Waals surface area contributed by atoms with Gasteiger partial charge in [0.25, 0.3) is 0 Å². The van der Waals surface area contributed by atoms with Crippen molar-refractivity contribution in [2.24, 2.45) is 0 Å². The van der Waals surface area contributed by atoms with E-state index in [9.17, 15) is 0 Å². The van der Waals surface area contributed by atoms with Crippen LogP contribution in [0.1, 0.15) is 0 Å². The van der Waals surface area contributed by atoms with Crippen LogP contribution < -0.4 is 0 Å². The highest BCUT2D eigenvalue weighted by Crippen LogP contribution is 2.40. The number of hydrogen-bond donors (Lipinski definition) is 0. The van der Waals surface area contributed by atoms with Crippen LogP contribution in [0.15, 0.2) is 158 Å². The molecule has 5 heteroatoms. The summed E-state index contributed by atoms with van der Waals surface area (Å²) < 4.78 is 5.02. The standard InChI is InChI=1S/C43H26N4S/c1-3-12-27(13-4-1)41-44-42(28-14-5-2-6-15-28)46-43(45-41)29-16-11-17-32(22-29)47-37-20-9-7-18-33(37)35-23-31-26-40-36(24-30(31)25-38(35)47)34-19-8-10-21-39(34)48-40/h1-26H. The van der Waals surface area contributed by atoms with Gasteiger partial charge in [0.15, 0.2) is 17.5 Å². The van der Waals surface area contributed by atoms with E-state index >= 15 is 0 Å². The molecule has 0 unspecified atom stereocenters. The largest absolute Gasteiger partial charge is 0.309 e. The van der Waals surface area contributed by atoms with E-state index in [2.05, 4.69) is 102 Å². The number of nitrogens with zero attached hydrogens (tertiary/aromatic N) is 4. The van der Waals surface area contributed by atoms with Crippen molar-refractivity contribution in [3.63, 3.8) is 0 Å². The highest BCUT2D eigenvalue weighted by atomic mass is 32.1. The molecule has 0 saturated carbocycles. The molecule has 0 atom stereocenters. The summed E-state index contributed by atoms with van der Waals surface area (Å²) in [6.07, 6.45) is 0. The molecule has 3 heterocycles. The van der Waals surface area contributed by atoms with Crippen LogP contribution in [0, 0.1) is 0 Å². The van der Waals surface area contributed by atoms with E-state index in [-0.39, 0.29) is 0 Å². The van der Waals surface area contributed by atoms with Gasteiger partial charge in [-0.05, 0) is 59.3 Å². The van der Waals surface area contributed by atoms with Crippen molar-refractivity contribution in [1.82, 2.24) is 19.5 Å². The molecular weight excluding hydrogens is 605 g/mol. The van der Waals surface area contributed by atoms with E-state index in [4.69, 9.17) is 15.0 Å². The molecule has 0 radical (unpaired) electrons. The first-order valence-electron chi connectivity index (χ1n) is 16.0. The molecule has 0 aliphatic carbocycles. The lowest BCUT2D eigenvalue weighted by Crippen LogP contribution is -2.01. The van der Waals surface area contributed by atoms with Gasteiger partial charge < -0.3 is 4.57 Å². The SMILES string of the molecule is c1ccc(-c2nc(-c3ccccc3)nc(-c3cccc(-n4c5ccccc5c5cc6cc7sc8ccccc8c7cc6cc54)c3)n2)cc1. The fraction of sp³-hybridized carbons (Fsp3) is 0. The molecule has 10 rings (SSSR count). The van der Waals surface area contributed by atoms with E-state index in [0.29, 0.717) is 17.5 Å². The molecular formula is C43H26N4S. The summed E-state index contributed by atoms with van der Waals surface area (Å²) in [7, 11) is 0. The van der Waals surface area contributed by atoms with Gasteiger partial charge in [-0.3, -0.25) is 0 Å². The molecule has 3 aromatic heterocycles. The number of benzene rings is 7. The van der Waals surface area contributed by atoms with Crippen molar-refractivity contribution in [2.75, 3.05) is 0 Å². The smallest absolute Gasteiger partial charge is 0.164 e. The zero-order valence-corrected chi connectivity index (χ0v) is 26.5. The van der Waals surface area contributed by atoms with Crippen molar-refractivity contribution in [2.45, 2.75) is 0 Å². The van der Waals surface area contributed by atoms with Crippen LogP contribution in [-0.2, 0) is 0 Å². The van der Waals surface area contributed by atoms with Gasteiger partial charge in [0, 0.05) is 53.3 Å². The summed E-state index contributed by atoms with van der Waals surface area (Å²) in [5, 5.41) is 7.58. The number of rotatable bonds is 4. The van der Waals surface area contributed by atoms with E-state index in [1.165, 1.54) is 47.2 Å². The fourth-order valence-corrected chi connectivity index (χ4v) is 8.07. The molecule has 48 heavy (non-hydrogen) atoms. The third-order valence-electron chi connectivity index (χ3n) is 9.19. The summed E-state index contributed by atoms with van der Waals surface area (Å²) in [6, 6.07) is 55.6. The minimum Gasteiger partial charge on any atom is -0.309 e. The third kappa shape index (κ3) is 4.33. The predicted molar refractivity (Wildman–Crippen MR) is 201 cm³/mol. The highest BCUT2D eigenvalue weighted by Gasteiger charge is 2.17. The zero-order chi connectivity index (χ0) is 31.6. The second-order valence-corrected chi connectivity index (χ2v) is 13.2. The van der Waals surface area contributed by atoms with Crippen molar-refractivity contribution in [3.05, 3.63) is 158 Å². The fourth-order valence-electron chi connectivity index (χ4n) is 6.94. The Labute approximate surface area is 280 Å². The average molecular weight is 631 g/mol. The van der Waals surface area contributed by atoms with Gasteiger partial charge in [-0.15, -0.1) is 11.3 Å². The van der Waals surface area contributed by atoms with Crippen LogP contribution >= 0.6 is 11.3 Å². The van der Waals surface area contributed by atoms with Crippen LogP contribution in [0.3, 0.4) is 0 Å². The molecule has 0 aliphatic rings. The predicted octanol–water partition coefficient (Wildman–Crippen LogP) is 11.5. The number of aromatic nitrogens is 4. The summed E-state index contributed by atoms with van der Waals surface area (Å²) in [5.74, 6) is 1.95. The van der Waals surface area contributed by atoms with Crippen molar-refractivity contribution in [3.8, 4) is 39.9 Å². The maximum Gasteiger partial charge on any atom is 0.164 e. The monoisotopic (exact) mass is 630 g/mol. The highest BCUT2D eigenvalue weighted by molar-refractivity contribution is 7.25. The Morgan fingerprint density at radius 3 is 1.71 bits per heavy atom. The van der Waals surface area contributed by atoms with Gasteiger partial charge in [-0.1, -0.05) is 109 Å². The third-order valence-corrected chi connectivity index (χ3v) is 10.3. The molecule has 0 amide bonds. The molecule has 4 nitrogen and oxygen atoms in total. The Hall–Kier alpha value is -6.17. The number of thiophene rings is 1. The maximum absolute atomic E-state index is 5.01. The lowest BCUT2D eigenvalue weighted by atomic mass is 10.0. The molecule has 10 aromatic rings. The van der Waals surface area contributed by atoms with E-state index < -0.39 is 0 Å². The first kappa shape index (κ1) is 27.0. The minimum absolute atomic E-state index is 0.641. The molecule has 0 bridgehead atoms. The normalized spacial score (nSPS) is 11.8. The summed E-state index contributed by atoms with van der Waals surface area (Å²) in [5.41, 5.74) is 6.24. The second kappa shape index (κ2) is 10.7. The van der Waals surface area contributed by atoms with Gasteiger partial charge in [-0.2, -0.15) is 0 Å².